The van der Waals surface area contributed by atoms with Crippen LogP contribution in [-0.2, 0) is 0 Å². The van der Waals surface area contributed by atoms with Crippen LogP contribution in [0, 0.1) is 0 Å². The van der Waals surface area contributed by atoms with E-state index in [1.165, 1.54) is 0 Å². The number of carbonyl (C=O) groups excluding carboxylic acids is 2. The zero-order valence-electron chi connectivity index (χ0n) is 16.5. The second-order valence-corrected chi connectivity index (χ2v) is 6.68. The van der Waals surface area contributed by atoms with Crippen molar-refractivity contribution in [3.63, 3.8) is 0 Å². The SMILES string of the molecule is CCOc1ccc(/C=C2\Oc3cc(OCC(=O)c4ccccc4)ccc3C2=O)cc1. The number of hydrogen-bond donors (Lipinski definition) is 0. The molecule has 1 aliphatic rings. The standard InChI is InChI=1S/C25H20O5/c1-2-28-19-10-8-17(9-11-19)14-24-25(27)21-13-12-20(15-23(21)30-24)29-16-22(26)18-6-4-3-5-7-18/h3-15H,2,16H2,1H3/b24-14-. The highest BCUT2D eigenvalue weighted by atomic mass is 16.5. The molecule has 0 aromatic heterocycles. The lowest BCUT2D eigenvalue weighted by molar-refractivity contribution is 0.0921. The Balaban J connectivity index is 1.45. The summed E-state index contributed by atoms with van der Waals surface area (Å²) < 4.78 is 16.8. The lowest BCUT2D eigenvalue weighted by atomic mass is 10.1. The largest absolute Gasteiger partial charge is 0.494 e. The number of allylic oxidation sites excluding steroid dienone is 1. The summed E-state index contributed by atoms with van der Waals surface area (Å²) in [6.07, 6.45) is 1.69. The molecule has 0 N–H and O–H groups in total. The van der Waals surface area contributed by atoms with Crippen LogP contribution in [0.3, 0.4) is 0 Å². The van der Waals surface area contributed by atoms with E-state index in [1.54, 1.807) is 48.5 Å². The number of fused-ring (bicyclic) bond motifs is 1. The molecule has 0 fully saturated rings. The summed E-state index contributed by atoms with van der Waals surface area (Å²) in [6.45, 7) is 2.43. The van der Waals surface area contributed by atoms with Gasteiger partial charge in [-0.3, -0.25) is 9.59 Å². The molecule has 0 amide bonds. The molecule has 0 bridgehead atoms. The molecule has 1 aliphatic heterocycles. The summed E-state index contributed by atoms with van der Waals surface area (Å²) in [5, 5.41) is 0. The van der Waals surface area contributed by atoms with Gasteiger partial charge in [0.2, 0.25) is 5.78 Å². The van der Waals surface area contributed by atoms with Gasteiger partial charge < -0.3 is 14.2 Å². The van der Waals surface area contributed by atoms with Crippen LogP contribution in [0.4, 0.5) is 0 Å². The van der Waals surface area contributed by atoms with Crippen LogP contribution in [-0.4, -0.2) is 24.8 Å². The molecule has 0 saturated carbocycles. The van der Waals surface area contributed by atoms with Crippen LogP contribution in [0.5, 0.6) is 17.2 Å². The van der Waals surface area contributed by atoms with Crippen molar-refractivity contribution in [2.45, 2.75) is 6.92 Å². The zero-order valence-corrected chi connectivity index (χ0v) is 16.5. The van der Waals surface area contributed by atoms with Crippen molar-refractivity contribution in [3.05, 3.63) is 95.2 Å². The van der Waals surface area contributed by atoms with Crippen LogP contribution in [0.25, 0.3) is 6.08 Å². The molecule has 150 valence electrons. The van der Waals surface area contributed by atoms with Gasteiger partial charge in [-0.1, -0.05) is 42.5 Å². The number of benzene rings is 3. The van der Waals surface area contributed by atoms with E-state index in [0.717, 1.165) is 11.3 Å². The van der Waals surface area contributed by atoms with Crippen molar-refractivity contribution in [2.75, 3.05) is 13.2 Å². The Morgan fingerprint density at radius 1 is 0.933 bits per heavy atom. The van der Waals surface area contributed by atoms with Crippen molar-refractivity contribution in [3.8, 4) is 17.2 Å². The smallest absolute Gasteiger partial charge is 0.231 e. The van der Waals surface area contributed by atoms with Crippen LogP contribution in [0.1, 0.15) is 33.2 Å². The molecular weight excluding hydrogens is 380 g/mol. The maximum absolute atomic E-state index is 12.6. The Morgan fingerprint density at radius 3 is 2.40 bits per heavy atom. The number of rotatable bonds is 7. The first-order chi connectivity index (χ1) is 14.6. The summed E-state index contributed by atoms with van der Waals surface area (Å²) in [4.78, 5) is 24.8. The topological polar surface area (TPSA) is 61.8 Å². The molecule has 0 spiro atoms. The third-order valence-electron chi connectivity index (χ3n) is 4.60. The molecule has 5 nitrogen and oxygen atoms in total. The fourth-order valence-electron chi connectivity index (χ4n) is 3.09. The summed E-state index contributed by atoms with van der Waals surface area (Å²) in [7, 11) is 0. The first kappa shape index (κ1) is 19.5. The maximum atomic E-state index is 12.6. The van der Waals surface area contributed by atoms with E-state index in [2.05, 4.69) is 0 Å². The van der Waals surface area contributed by atoms with Crippen molar-refractivity contribution in [1.82, 2.24) is 0 Å². The van der Waals surface area contributed by atoms with Crippen LogP contribution in [0.2, 0.25) is 0 Å². The van der Waals surface area contributed by atoms with Crippen LogP contribution < -0.4 is 14.2 Å². The van der Waals surface area contributed by atoms with Gasteiger partial charge in [-0.15, -0.1) is 0 Å². The van der Waals surface area contributed by atoms with Gasteiger partial charge >= 0.3 is 0 Å². The van der Waals surface area contributed by atoms with Gasteiger partial charge in [0.1, 0.15) is 17.2 Å². The minimum absolute atomic E-state index is 0.0916. The number of ketones is 2. The van der Waals surface area contributed by atoms with E-state index < -0.39 is 0 Å². The normalized spacial score (nSPS) is 13.6. The first-order valence-corrected chi connectivity index (χ1v) is 9.66. The van der Waals surface area contributed by atoms with Gasteiger partial charge in [-0.05, 0) is 42.8 Å². The van der Waals surface area contributed by atoms with E-state index in [-0.39, 0.29) is 23.9 Å². The Kier molecular flexibility index (Phi) is 5.61. The predicted molar refractivity (Wildman–Crippen MR) is 113 cm³/mol. The minimum Gasteiger partial charge on any atom is -0.494 e. The molecule has 5 heteroatoms. The molecule has 3 aromatic carbocycles. The highest BCUT2D eigenvalue weighted by Gasteiger charge is 2.27. The number of hydrogen-bond acceptors (Lipinski definition) is 5. The number of ether oxygens (including phenoxy) is 3. The zero-order chi connectivity index (χ0) is 20.9. The molecular formula is C25H20O5. The molecule has 1 heterocycles. The Hall–Kier alpha value is -3.86. The lowest BCUT2D eigenvalue weighted by Crippen LogP contribution is -2.11. The minimum atomic E-state index is -0.189. The Bertz CT molecular complexity index is 1100. The van der Waals surface area contributed by atoms with E-state index in [1.807, 2.05) is 37.3 Å². The Labute approximate surface area is 174 Å². The predicted octanol–water partition coefficient (Wildman–Crippen LogP) is 4.96. The van der Waals surface area contributed by atoms with Gasteiger partial charge in [0.25, 0.3) is 0 Å². The maximum Gasteiger partial charge on any atom is 0.231 e. The van der Waals surface area contributed by atoms with E-state index >= 15 is 0 Å². The molecule has 0 aliphatic carbocycles. The molecule has 0 radical (unpaired) electrons. The summed E-state index contributed by atoms with van der Waals surface area (Å²) in [5.41, 5.74) is 1.89. The fourth-order valence-corrected chi connectivity index (χ4v) is 3.09. The van der Waals surface area contributed by atoms with Crippen LogP contribution in [0.15, 0.2) is 78.6 Å². The fraction of sp³-hybridized carbons (Fsp3) is 0.120. The highest BCUT2D eigenvalue weighted by Crippen LogP contribution is 2.35. The van der Waals surface area contributed by atoms with E-state index in [9.17, 15) is 9.59 Å². The number of Topliss-reactive ketones (excluding diaryl/α,β-unsaturated/α-hetero) is 2. The van der Waals surface area contributed by atoms with Gasteiger partial charge in [0.05, 0.1) is 12.2 Å². The molecule has 30 heavy (non-hydrogen) atoms. The molecule has 0 unspecified atom stereocenters. The van der Waals surface area contributed by atoms with Crippen molar-refractivity contribution < 1.29 is 23.8 Å². The van der Waals surface area contributed by atoms with Crippen molar-refractivity contribution in [2.24, 2.45) is 0 Å². The van der Waals surface area contributed by atoms with Gasteiger partial charge in [0, 0.05) is 11.6 Å². The Morgan fingerprint density at radius 2 is 1.67 bits per heavy atom. The van der Waals surface area contributed by atoms with E-state index in [4.69, 9.17) is 14.2 Å². The highest BCUT2D eigenvalue weighted by molar-refractivity contribution is 6.14. The second-order valence-electron chi connectivity index (χ2n) is 6.68. The monoisotopic (exact) mass is 400 g/mol. The quantitative estimate of drug-likeness (QED) is 0.414. The van der Waals surface area contributed by atoms with Gasteiger partial charge in [-0.25, -0.2) is 0 Å². The summed E-state index contributed by atoms with van der Waals surface area (Å²) in [6, 6.07) is 21.3. The first-order valence-electron chi connectivity index (χ1n) is 9.66. The van der Waals surface area contributed by atoms with Gasteiger partial charge in [-0.2, -0.15) is 0 Å². The second kappa shape index (κ2) is 8.66. The third kappa shape index (κ3) is 4.25. The molecule has 0 saturated heterocycles. The van der Waals surface area contributed by atoms with Crippen molar-refractivity contribution >= 4 is 17.6 Å². The molecule has 4 rings (SSSR count). The van der Waals surface area contributed by atoms with Crippen LogP contribution >= 0.6 is 0 Å². The number of carbonyl (C=O) groups is 2. The molecule has 3 aromatic rings. The third-order valence-corrected chi connectivity index (χ3v) is 4.60. The summed E-state index contributed by atoms with van der Waals surface area (Å²) in [5.74, 6) is 1.59. The lowest BCUT2D eigenvalue weighted by Gasteiger charge is -2.07. The summed E-state index contributed by atoms with van der Waals surface area (Å²) >= 11 is 0. The average molecular weight is 400 g/mol. The van der Waals surface area contributed by atoms with Gasteiger partial charge in [0.15, 0.2) is 18.1 Å². The van der Waals surface area contributed by atoms with E-state index in [0.29, 0.717) is 29.2 Å². The van der Waals surface area contributed by atoms with Crippen molar-refractivity contribution in [1.29, 1.82) is 0 Å². The average Bonchev–Trinajstić information content (AvgIpc) is 3.09. The molecule has 0 atom stereocenters.